The normalized spacial score (nSPS) is 11.1. The van der Waals surface area contributed by atoms with Crippen molar-refractivity contribution in [3.05, 3.63) is 24.2 Å². The molecule has 0 unspecified atom stereocenters. The van der Waals surface area contributed by atoms with Crippen molar-refractivity contribution in [3.8, 4) is 0 Å². The van der Waals surface area contributed by atoms with Gasteiger partial charge in [-0.3, -0.25) is 0 Å². The van der Waals surface area contributed by atoms with Crippen LogP contribution >= 0.6 is 0 Å². The Morgan fingerprint density at radius 1 is 1.42 bits per heavy atom. The molecule has 2 nitrogen and oxygen atoms in total. The first-order chi connectivity index (χ1) is 5.74. The van der Waals surface area contributed by atoms with Gasteiger partial charge in [0.25, 0.3) is 0 Å². The lowest BCUT2D eigenvalue weighted by molar-refractivity contribution is 0.219. The molecule has 0 aromatic rings. The Balaban J connectivity index is 3.85. The van der Waals surface area contributed by atoms with Crippen LogP contribution in [-0.4, -0.2) is 13.7 Å². The van der Waals surface area contributed by atoms with Crippen LogP contribution in [0.5, 0.6) is 0 Å². The number of allylic oxidation sites excluding steroid dienone is 2. The van der Waals surface area contributed by atoms with E-state index in [0.29, 0.717) is 5.76 Å². The molecule has 0 aromatic carbocycles. The summed E-state index contributed by atoms with van der Waals surface area (Å²) in [4.78, 5) is 0. The van der Waals surface area contributed by atoms with Crippen LogP contribution < -0.4 is 0 Å². The van der Waals surface area contributed by atoms with Gasteiger partial charge >= 0.3 is 0 Å². The van der Waals surface area contributed by atoms with E-state index in [1.165, 1.54) is 0 Å². The van der Waals surface area contributed by atoms with E-state index >= 15 is 0 Å². The van der Waals surface area contributed by atoms with Gasteiger partial charge in [0.15, 0.2) is 0 Å². The summed E-state index contributed by atoms with van der Waals surface area (Å²) in [6.07, 6.45) is 3.70. The average molecular weight is 170 g/mol. The molecule has 0 rings (SSSR count). The smallest absolute Gasteiger partial charge is 0.115 e. The van der Waals surface area contributed by atoms with E-state index in [1.54, 1.807) is 7.11 Å². The summed E-state index contributed by atoms with van der Waals surface area (Å²) in [5.74, 6) is 1.58. The van der Waals surface area contributed by atoms with Crippen LogP contribution in [-0.2, 0) is 9.47 Å². The molecule has 0 atom stereocenters. The molecule has 0 N–H and O–H groups in total. The van der Waals surface area contributed by atoms with Gasteiger partial charge in [-0.05, 0) is 6.42 Å². The first-order valence-electron chi connectivity index (χ1n) is 4.30. The summed E-state index contributed by atoms with van der Waals surface area (Å²) in [5.41, 5.74) is 0. The summed E-state index contributed by atoms with van der Waals surface area (Å²) >= 11 is 0. The Hall–Kier alpha value is -0.920. The number of hydrogen-bond donors (Lipinski definition) is 0. The molecule has 0 fully saturated rings. The largest absolute Gasteiger partial charge is 0.501 e. The van der Waals surface area contributed by atoms with E-state index in [9.17, 15) is 0 Å². The molecule has 0 saturated heterocycles. The van der Waals surface area contributed by atoms with Crippen LogP contribution in [0.1, 0.15) is 26.7 Å². The number of methoxy groups -OCH3 is 1. The van der Waals surface area contributed by atoms with Crippen molar-refractivity contribution in [2.75, 3.05) is 13.7 Å². The second-order valence-corrected chi connectivity index (χ2v) is 2.48. The van der Waals surface area contributed by atoms with Gasteiger partial charge in [0.2, 0.25) is 0 Å². The lowest BCUT2D eigenvalue weighted by atomic mass is 10.3. The quantitative estimate of drug-likeness (QED) is 0.451. The second-order valence-electron chi connectivity index (χ2n) is 2.48. The van der Waals surface area contributed by atoms with E-state index in [2.05, 4.69) is 13.5 Å². The molecule has 12 heavy (non-hydrogen) atoms. The maximum absolute atomic E-state index is 5.27. The SMILES string of the molecule is C=C(/C=C(/CC)OC)OCCC. The van der Waals surface area contributed by atoms with Gasteiger partial charge in [0, 0.05) is 12.5 Å². The van der Waals surface area contributed by atoms with Gasteiger partial charge in [0.1, 0.15) is 5.76 Å². The van der Waals surface area contributed by atoms with Crippen molar-refractivity contribution in [2.24, 2.45) is 0 Å². The highest BCUT2D eigenvalue weighted by Crippen LogP contribution is 2.06. The van der Waals surface area contributed by atoms with E-state index in [4.69, 9.17) is 9.47 Å². The monoisotopic (exact) mass is 170 g/mol. The Labute approximate surface area is 74.9 Å². The third kappa shape index (κ3) is 4.83. The summed E-state index contributed by atoms with van der Waals surface area (Å²) in [6, 6.07) is 0. The molecule has 0 aliphatic carbocycles. The highest BCUT2D eigenvalue weighted by molar-refractivity contribution is 5.11. The Bertz CT molecular complexity index is 153. The summed E-state index contributed by atoms with van der Waals surface area (Å²) in [7, 11) is 1.66. The Morgan fingerprint density at radius 3 is 2.50 bits per heavy atom. The summed E-state index contributed by atoms with van der Waals surface area (Å²) in [6.45, 7) is 8.56. The molecule has 0 spiro atoms. The molecular formula is C10H18O2. The zero-order valence-corrected chi connectivity index (χ0v) is 8.22. The second kappa shape index (κ2) is 6.77. The lowest BCUT2D eigenvalue weighted by Crippen LogP contribution is -1.92. The standard InChI is InChI=1S/C10H18O2/c1-5-7-12-9(3)8-10(6-2)11-4/h8H,3,5-7H2,1-2,4H3/b10-8-. The van der Waals surface area contributed by atoms with Crippen molar-refractivity contribution in [2.45, 2.75) is 26.7 Å². The fourth-order valence-corrected chi connectivity index (χ4v) is 0.760. The van der Waals surface area contributed by atoms with Gasteiger partial charge in [0.05, 0.1) is 19.5 Å². The zero-order chi connectivity index (χ0) is 9.40. The van der Waals surface area contributed by atoms with Crippen molar-refractivity contribution in [3.63, 3.8) is 0 Å². The third-order valence-corrected chi connectivity index (χ3v) is 1.42. The van der Waals surface area contributed by atoms with E-state index < -0.39 is 0 Å². The van der Waals surface area contributed by atoms with E-state index in [1.807, 2.05) is 13.0 Å². The Morgan fingerprint density at radius 2 is 2.08 bits per heavy atom. The van der Waals surface area contributed by atoms with Gasteiger partial charge in [-0.2, -0.15) is 0 Å². The van der Waals surface area contributed by atoms with E-state index in [0.717, 1.165) is 25.2 Å². The van der Waals surface area contributed by atoms with Crippen LogP contribution in [0.3, 0.4) is 0 Å². The van der Waals surface area contributed by atoms with Crippen LogP contribution in [0.4, 0.5) is 0 Å². The fraction of sp³-hybridized carbons (Fsp3) is 0.600. The first kappa shape index (κ1) is 11.1. The van der Waals surface area contributed by atoms with Crippen molar-refractivity contribution < 1.29 is 9.47 Å². The fourth-order valence-electron chi connectivity index (χ4n) is 0.760. The summed E-state index contributed by atoms with van der Waals surface area (Å²) in [5, 5.41) is 0. The minimum atomic E-state index is 0.676. The number of ether oxygens (including phenoxy) is 2. The van der Waals surface area contributed by atoms with Crippen LogP contribution in [0.2, 0.25) is 0 Å². The van der Waals surface area contributed by atoms with Gasteiger partial charge in [-0.15, -0.1) is 0 Å². The van der Waals surface area contributed by atoms with Crippen molar-refractivity contribution in [1.29, 1.82) is 0 Å². The lowest BCUT2D eigenvalue weighted by Gasteiger charge is -2.06. The first-order valence-corrected chi connectivity index (χ1v) is 4.30. The molecular weight excluding hydrogens is 152 g/mol. The van der Waals surface area contributed by atoms with Crippen molar-refractivity contribution in [1.82, 2.24) is 0 Å². The number of rotatable bonds is 6. The molecule has 2 heteroatoms. The predicted octanol–water partition coefficient (Wildman–Crippen LogP) is 2.87. The van der Waals surface area contributed by atoms with Crippen LogP contribution in [0.15, 0.2) is 24.2 Å². The topological polar surface area (TPSA) is 18.5 Å². The zero-order valence-electron chi connectivity index (χ0n) is 8.22. The molecule has 0 amide bonds. The van der Waals surface area contributed by atoms with Crippen molar-refractivity contribution >= 4 is 0 Å². The van der Waals surface area contributed by atoms with Crippen LogP contribution in [0, 0.1) is 0 Å². The molecule has 0 aliphatic heterocycles. The maximum atomic E-state index is 5.27. The number of hydrogen-bond acceptors (Lipinski definition) is 2. The highest BCUT2D eigenvalue weighted by Gasteiger charge is 1.94. The maximum Gasteiger partial charge on any atom is 0.115 e. The van der Waals surface area contributed by atoms with Gasteiger partial charge < -0.3 is 9.47 Å². The van der Waals surface area contributed by atoms with E-state index in [-0.39, 0.29) is 0 Å². The third-order valence-electron chi connectivity index (χ3n) is 1.42. The Kier molecular flexibility index (Phi) is 6.25. The molecule has 0 heterocycles. The molecule has 0 aromatic heterocycles. The molecule has 0 saturated carbocycles. The minimum absolute atomic E-state index is 0.676. The molecule has 0 bridgehead atoms. The molecule has 70 valence electrons. The average Bonchev–Trinajstić information content (AvgIpc) is 2.10. The van der Waals surface area contributed by atoms with Gasteiger partial charge in [-0.1, -0.05) is 20.4 Å². The summed E-state index contributed by atoms with van der Waals surface area (Å²) < 4.78 is 10.3. The van der Waals surface area contributed by atoms with Crippen LogP contribution in [0.25, 0.3) is 0 Å². The highest BCUT2D eigenvalue weighted by atomic mass is 16.5. The van der Waals surface area contributed by atoms with Gasteiger partial charge in [-0.25, -0.2) is 0 Å². The molecule has 0 aliphatic rings. The minimum Gasteiger partial charge on any atom is -0.501 e. The molecule has 0 radical (unpaired) electrons. The predicted molar refractivity (Wildman–Crippen MR) is 50.8 cm³/mol.